The highest BCUT2D eigenvalue weighted by Gasteiger charge is 2.18. The maximum absolute atomic E-state index is 11.7. The minimum absolute atomic E-state index is 0.226. The molecule has 1 aliphatic rings. The molecule has 5 heteroatoms. The van der Waals surface area contributed by atoms with Crippen LogP contribution >= 0.6 is 0 Å². The maximum atomic E-state index is 11.7. The summed E-state index contributed by atoms with van der Waals surface area (Å²) in [5, 5.41) is 0. The first-order valence-electron chi connectivity index (χ1n) is 8.33. The minimum Gasteiger partial charge on any atom is -0.493 e. The Kier molecular flexibility index (Phi) is 6.85. The van der Waals surface area contributed by atoms with Gasteiger partial charge in [-0.25, -0.2) is 0 Å². The van der Waals surface area contributed by atoms with E-state index in [1.54, 1.807) is 20.1 Å². The molecular weight excluding hydrogens is 308 g/mol. The summed E-state index contributed by atoms with van der Waals surface area (Å²) in [7, 11) is 1.61. The normalized spacial score (nSPS) is 14.8. The van der Waals surface area contributed by atoms with Crippen LogP contribution in [-0.4, -0.2) is 31.6 Å². The molecule has 130 valence electrons. The van der Waals surface area contributed by atoms with Crippen LogP contribution in [0, 0.1) is 0 Å². The molecule has 24 heavy (non-hydrogen) atoms. The van der Waals surface area contributed by atoms with Gasteiger partial charge in [-0.1, -0.05) is 12.1 Å². The number of esters is 1. The van der Waals surface area contributed by atoms with Crippen molar-refractivity contribution in [1.29, 1.82) is 0 Å². The second-order valence-electron chi connectivity index (χ2n) is 5.72. The highest BCUT2D eigenvalue weighted by atomic mass is 16.5. The lowest BCUT2D eigenvalue weighted by molar-refractivity contribution is -0.144. The fourth-order valence-corrected chi connectivity index (χ4v) is 2.68. The van der Waals surface area contributed by atoms with E-state index < -0.39 is 5.97 Å². The number of carbonyl (C=O) groups is 2. The molecule has 0 radical (unpaired) electrons. The number of benzene rings is 1. The van der Waals surface area contributed by atoms with Crippen molar-refractivity contribution in [2.45, 2.75) is 45.1 Å². The summed E-state index contributed by atoms with van der Waals surface area (Å²) in [6.07, 6.45) is 7.53. The Morgan fingerprint density at radius 2 is 1.96 bits per heavy atom. The molecule has 2 rings (SSSR count). The molecule has 1 saturated carbocycles. The third-order valence-corrected chi connectivity index (χ3v) is 3.87. The number of hydrogen-bond donors (Lipinski definition) is 0. The van der Waals surface area contributed by atoms with E-state index in [2.05, 4.69) is 0 Å². The first kappa shape index (κ1) is 18.0. The molecule has 0 saturated heterocycles. The molecule has 0 heterocycles. The molecular formula is C19H24O5. The summed E-state index contributed by atoms with van der Waals surface area (Å²) in [6.45, 7) is 1.98. The molecule has 1 aromatic rings. The van der Waals surface area contributed by atoms with Crippen molar-refractivity contribution in [3.05, 3.63) is 29.8 Å². The Morgan fingerprint density at radius 3 is 2.62 bits per heavy atom. The molecule has 0 aromatic heterocycles. The van der Waals surface area contributed by atoms with Crippen LogP contribution in [-0.2, 0) is 14.3 Å². The number of methoxy groups -OCH3 is 1. The van der Waals surface area contributed by atoms with Crippen LogP contribution in [0.4, 0.5) is 0 Å². The monoisotopic (exact) mass is 332 g/mol. The molecule has 0 unspecified atom stereocenters. The summed E-state index contributed by atoms with van der Waals surface area (Å²) >= 11 is 0. The van der Waals surface area contributed by atoms with Gasteiger partial charge in [0.15, 0.2) is 17.3 Å². The molecule has 0 spiro atoms. The van der Waals surface area contributed by atoms with Crippen molar-refractivity contribution in [1.82, 2.24) is 0 Å². The highest BCUT2D eigenvalue weighted by Crippen LogP contribution is 2.32. The number of carbonyl (C=O) groups excluding carboxylic acids is 2. The van der Waals surface area contributed by atoms with E-state index in [4.69, 9.17) is 14.2 Å². The Labute approximate surface area is 142 Å². The highest BCUT2D eigenvalue weighted by molar-refractivity contribution is 6.03. The van der Waals surface area contributed by atoms with Gasteiger partial charge in [0.1, 0.15) is 6.42 Å². The summed E-state index contributed by atoms with van der Waals surface area (Å²) in [5.74, 6) is 0.566. The average Bonchev–Trinajstić information content (AvgIpc) is 3.06. The van der Waals surface area contributed by atoms with Gasteiger partial charge in [0.05, 0.1) is 19.8 Å². The third-order valence-electron chi connectivity index (χ3n) is 3.87. The van der Waals surface area contributed by atoms with Gasteiger partial charge in [-0.15, -0.1) is 0 Å². The summed E-state index contributed by atoms with van der Waals surface area (Å²) in [5.41, 5.74) is 0.820. The van der Waals surface area contributed by atoms with Gasteiger partial charge in [-0.2, -0.15) is 0 Å². The molecule has 1 aromatic carbocycles. The molecule has 5 nitrogen and oxygen atoms in total. The Balaban J connectivity index is 2.02. The second kappa shape index (κ2) is 9.11. The van der Waals surface area contributed by atoms with Gasteiger partial charge in [0.2, 0.25) is 0 Å². The molecule has 0 amide bonds. The summed E-state index contributed by atoms with van der Waals surface area (Å²) in [6, 6.07) is 5.51. The van der Waals surface area contributed by atoms with E-state index in [0.29, 0.717) is 11.5 Å². The van der Waals surface area contributed by atoms with E-state index >= 15 is 0 Å². The van der Waals surface area contributed by atoms with Crippen LogP contribution in [0.25, 0.3) is 6.08 Å². The Morgan fingerprint density at radius 1 is 1.21 bits per heavy atom. The van der Waals surface area contributed by atoms with Crippen LogP contribution in [0.1, 0.15) is 44.6 Å². The van der Waals surface area contributed by atoms with Crippen molar-refractivity contribution in [3.8, 4) is 11.5 Å². The van der Waals surface area contributed by atoms with Crippen LogP contribution in [0.2, 0.25) is 0 Å². The SMILES string of the molecule is CCOC(=O)CC(=O)/C=C/c1ccc(OC)c(OC2CCCC2)c1. The van der Waals surface area contributed by atoms with E-state index in [1.165, 1.54) is 18.9 Å². The van der Waals surface area contributed by atoms with E-state index in [1.807, 2.05) is 18.2 Å². The number of rotatable bonds is 8. The molecule has 0 bridgehead atoms. The number of hydrogen-bond acceptors (Lipinski definition) is 5. The van der Waals surface area contributed by atoms with Crippen molar-refractivity contribution in [2.24, 2.45) is 0 Å². The lowest BCUT2D eigenvalue weighted by Crippen LogP contribution is -2.11. The summed E-state index contributed by atoms with van der Waals surface area (Å²) < 4.78 is 16.1. The summed E-state index contributed by atoms with van der Waals surface area (Å²) in [4.78, 5) is 23.0. The lowest BCUT2D eigenvalue weighted by atomic mass is 10.1. The fourth-order valence-electron chi connectivity index (χ4n) is 2.68. The third kappa shape index (κ3) is 5.41. The van der Waals surface area contributed by atoms with Gasteiger partial charge in [0, 0.05) is 0 Å². The first-order valence-corrected chi connectivity index (χ1v) is 8.33. The van der Waals surface area contributed by atoms with Crippen LogP contribution < -0.4 is 9.47 Å². The van der Waals surface area contributed by atoms with Gasteiger partial charge < -0.3 is 14.2 Å². The Hall–Kier alpha value is -2.30. The second-order valence-corrected chi connectivity index (χ2v) is 5.72. The van der Waals surface area contributed by atoms with Gasteiger partial charge >= 0.3 is 5.97 Å². The predicted molar refractivity (Wildman–Crippen MR) is 91.2 cm³/mol. The zero-order chi connectivity index (χ0) is 17.4. The fraction of sp³-hybridized carbons (Fsp3) is 0.474. The molecule has 0 aliphatic heterocycles. The quantitative estimate of drug-likeness (QED) is 0.414. The molecule has 1 fully saturated rings. The predicted octanol–water partition coefficient (Wildman–Crippen LogP) is 3.55. The number of allylic oxidation sites excluding steroid dienone is 1. The van der Waals surface area contributed by atoms with Crippen molar-refractivity contribution in [3.63, 3.8) is 0 Å². The zero-order valence-electron chi connectivity index (χ0n) is 14.2. The van der Waals surface area contributed by atoms with Crippen molar-refractivity contribution in [2.75, 3.05) is 13.7 Å². The van der Waals surface area contributed by atoms with E-state index in [0.717, 1.165) is 18.4 Å². The van der Waals surface area contributed by atoms with Crippen LogP contribution in [0.5, 0.6) is 11.5 Å². The minimum atomic E-state index is -0.507. The van der Waals surface area contributed by atoms with Crippen molar-refractivity contribution >= 4 is 17.8 Å². The zero-order valence-corrected chi connectivity index (χ0v) is 14.2. The molecule has 0 atom stereocenters. The van der Waals surface area contributed by atoms with E-state index in [9.17, 15) is 9.59 Å². The average molecular weight is 332 g/mol. The van der Waals surface area contributed by atoms with E-state index in [-0.39, 0.29) is 24.9 Å². The maximum Gasteiger partial charge on any atom is 0.313 e. The van der Waals surface area contributed by atoms with Crippen molar-refractivity contribution < 1.29 is 23.8 Å². The van der Waals surface area contributed by atoms with Gasteiger partial charge in [0.25, 0.3) is 0 Å². The standard InChI is InChI=1S/C19H24O5/c1-3-23-19(21)13-15(20)10-8-14-9-11-17(22-2)18(12-14)24-16-6-4-5-7-16/h8-12,16H,3-7,13H2,1-2H3/b10-8+. The largest absolute Gasteiger partial charge is 0.493 e. The van der Waals surface area contributed by atoms with Gasteiger partial charge in [-0.05, 0) is 56.4 Å². The molecule has 0 N–H and O–H groups in total. The van der Waals surface area contributed by atoms with Gasteiger partial charge in [-0.3, -0.25) is 9.59 Å². The van der Waals surface area contributed by atoms with Crippen LogP contribution in [0.3, 0.4) is 0 Å². The lowest BCUT2D eigenvalue weighted by Gasteiger charge is -2.16. The smallest absolute Gasteiger partial charge is 0.313 e. The topological polar surface area (TPSA) is 61.8 Å². The number of ketones is 1. The van der Waals surface area contributed by atoms with Crippen LogP contribution in [0.15, 0.2) is 24.3 Å². The molecule has 1 aliphatic carbocycles. The first-order chi connectivity index (χ1) is 11.6. The number of ether oxygens (including phenoxy) is 3. The Bertz CT molecular complexity index is 600.